The lowest BCUT2D eigenvalue weighted by atomic mass is 10.2. The molecule has 62 valence electrons. The molecule has 0 saturated carbocycles. The second-order valence-corrected chi connectivity index (χ2v) is 2.16. The standard InChI is InChI=1S/C8H9N3O/c9-5-6(8(10)12)7-3-1-2-4-11-7/h1-5H,9H2,(H2,10,12). The minimum Gasteiger partial charge on any atom is -0.404 e. The lowest BCUT2D eigenvalue weighted by Crippen LogP contribution is -2.14. The van der Waals surface area contributed by atoms with Crippen LogP contribution in [-0.2, 0) is 4.79 Å². The second-order valence-electron chi connectivity index (χ2n) is 2.16. The van der Waals surface area contributed by atoms with Crippen LogP contribution in [0.15, 0.2) is 30.6 Å². The van der Waals surface area contributed by atoms with Crippen LogP contribution in [0.1, 0.15) is 5.69 Å². The van der Waals surface area contributed by atoms with Gasteiger partial charge in [-0.25, -0.2) is 0 Å². The van der Waals surface area contributed by atoms with E-state index in [4.69, 9.17) is 11.5 Å². The van der Waals surface area contributed by atoms with Crippen LogP contribution in [0.5, 0.6) is 0 Å². The van der Waals surface area contributed by atoms with Crippen LogP contribution in [0.2, 0.25) is 0 Å². The van der Waals surface area contributed by atoms with E-state index < -0.39 is 5.91 Å². The molecule has 0 spiro atoms. The fourth-order valence-electron chi connectivity index (χ4n) is 0.816. The molecular weight excluding hydrogens is 154 g/mol. The van der Waals surface area contributed by atoms with E-state index in [0.717, 1.165) is 6.20 Å². The number of amides is 1. The molecule has 0 atom stereocenters. The highest BCUT2D eigenvalue weighted by Crippen LogP contribution is 2.07. The highest BCUT2D eigenvalue weighted by molar-refractivity contribution is 6.17. The average Bonchev–Trinajstić information content (AvgIpc) is 2.07. The Labute approximate surface area is 69.9 Å². The normalized spacial score (nSPS) is 11.2. The van der Waals surface area contributed by atoms with Crippen molar-refractivity contribution in [2.45, 2.75) is 0 Å². The molecule has 0 aliphatic rings. The maximum Gasteiger partial charge on any atom is 0.252 e. The number of hydrogen-bond donors (Lipinski definition) is 2. The Hall–Kier alpha value is -1.84. The molecule has 0 aliphatic carbocycles. The average molecular weight is 163 g/mol. The van der Waals surface area contributed by atoms with E-state index in [2.05, 4.69) is 4.98 Å². The van der Waals surface area contributed by atoms with Gasteiger partial charge in [-0.2, -0.15) is 0 Å². The zero-order valence-electron chi connectivity index (χ0n) is 6.40. The van der Waals surface area contributed by atoms with E-state index in [1.807, 2.05) is 0 Å². The zero-order chi connectivity index (χ0) is 8.97. The highest BCUT2D eigenvalue weighted by Gasteiger charge is 2.06. The molecule has 1 rings (SSSR count). The molecule has 1 amide bonds. The molecular formula is C8H9N3O. The van der Waals surface area contributed by atoms with Crippen molar-refractivity contribution in [1.82, 2.24) is 4.98 Å². The van der Waals surface area contributed by atoms with Crippen LogP contribution in [-0.4, -0.2) is 10.9 Å². The Kier molecular flexibility index (Phi) is 2.42. The maximum absolute atomic E-state index is 10.8. The van der Waals surface area contributed by atoms with Gasteiger partial charge < -0.3 is 11.5 Å². The number of nitrogens with two attached hydrogens (primary N) is 2. The first-order valence-corrected chi connectivity index (χ1v) is 3.39. The quantitative estimate of drug-likeness (QED) is 0.595. The van der Waals surface area contributed by atoms with Gasteiger partial charge in [-0.05, 0) is 12.1 Å². The number of pyridine rings is 1. The third-order valence-corrected chi connectivity index (χ3v) is 1.37. The molecule has 0 fully saturated rings. The number of nitrogens with zero attached hydrogens (tertiary/aromatic N) is 1. The fourth-order valence-corrected chi connectivity index (χ4v) is 0.816. The van der Waals surface area contributed by atoms with Crippen molar-refractivity contribution in [3.8, 4) is 0 Å². The van der Waals surface area contributed by atoms with Gasteiger partial charge in [0.25, 0.3) is 5.91 Å². The van der Waals surface area contributed by atoms with Gasteiger partial charge in [0.15, 0.2) is 0 Å². The summed E-state index contributed by atoms with van der Waals surface area (Å²) in [4.78, 5) is 14.7. The number of hydrogen-bond acceptors (Lipinski definition) is 3. The lowest BCUT2D eigenvalue weighted by Gasteiger charge is -1.99. The number of carbonyl (C=O) groups excluding carboxylic acids is 1. The van der Waals surface area contributed by atoms with Gasteiger partial charge in [-0.15, -0.1) is 0 Å². The van der Waals surface area contributed by atoms with Gasteiger partial charge in [-0.1, -0.05) is 6.07 Å². The van der Waals surface area contributed by atoms with Crippen LogP contribution in [0, 0.1) is 0 Å². The molecule has 0 unspecified atom stereocenters. The Bertz CT molecular complexity index is 305. The topological polar surface area (TPSA) is 82.0 Å². The summed E-state index contributed by atoms with van der Waals surface area (Å²) in [5.74, 6) is -0.573. The summed E-state index contributed by atoms with van der Waals surface area (Å²) in [5, 5.41) is 0. The monoisotopic (exact) mass is 163 g/mol. The van der Waals surface area contributed by atoms with Crippen molar-refractivity contribution in [2.24, 2.45) is 11.5 Å². The summed E-state index contributed by atoms with van der Waals surface area (Å²) >= 11 is 0. The van der Waals surface area contributed by atoms with Gasteiger partial charge >= 0.3 is 0 Å². The Morgan fingerprint density at radius 3 is 2.67 bits per heavy atom. The Balaban J connectivity index is 3.05. The summed E-state index contributed by atoms with van der Waals surface area (Å²) in [7, 11) is 0. The first kappa shape index (κ1) is 8.26. The van der Waals surface area contributed by atoms with Gasteiger partial charge in [0.05, 0.1) is 11.3 Å². The summed E-state index contributed by atoms with van der Waals surface area (Å²) < 4.78 is 0. The van der Waals surface area contributed by atoms with E-state index in [1.54, 1.807) is 24.4 Å². The summed E-state index contributed by atoms with van der Waals surface area (Å²) in [6, 6.07) is 5.18. The lowest BCUT2D eigenvalue weighted by molar-refractivity contribution is -0.112. The number of carbonyl (C=O) groups is 1. The molecule has 12 heavy (non-hydrogen) atoms. The Morgan fingerprint density at radius 2 is 2.25 bits per heavy atom. The van der Waals surface area contributed by atoms with Crippen LogP contribution in [0.4, 0.5) is 0 Å². The van der Waals surface area contributed by atoms with Crippen molar-refractivity contribution in [3.05, 3.63) is 36.3 Å². The number of primary amides is 1. The summed E-state index contributed by atoms with van der Waals surface area (Å²) in [6.07, 6.45) is 2.73. The van der Waals surface area contributed by atoms with Crippen molar-refractivity contribution >= 4 is 11.5 Å². The molecule has 1 aromatic heterocycles. The highest BCUT2D eigenvalue weighted by atomic mass is 16.1. The molecule has 1 heterocycles. The molecule has 1 aromatic rings. The molecule has 0 saturated heterocycles. The molecule has 0 aromatic carbocycles. The van der Waals surface area contributed by atoms with E-state index >= 15 is 0 Å². The molecule has 0 radical (unpaired) electrons. The molecule has 4 heteroatoms. The van der Waals surface area contributed by atoms with Crippen LogP contribution < -0.4 is 11.5 Å². The largest absolute Gasteiger partial charge is 0.404 e. The van der Waals surface area contributed by atoms with Crippen molar-refractivity contribution in [1.29, 1.82) is 0 Å². The van der Waals surface area contributed by atoms with Crippen LogP contribution in [0.3, 0.4) is 0 Å². The third-order valence-electron chi connectivity index (χ3n) is 1.37. The number of rotatable bonds is 2. The first-order chi connectivity index (χ1) is 5.75. The summed E-state index contributed by atoms with van der Waals surface area (Å²) in [6.45, 7) is 0. The van der Waals surface area contributed by atoms with E-state index in [1.165, 1.54) is 0 Å². The zero-order valence-corrected chi connectivity index (χ0v) is 6.40. The van der Waals surface area contributed by atoms with E-state index in [9.17, 15) is 4.79 Å². The van der Waals surface area contributed by atoms with E-state index in [-0.39, 0.29) is 5.57 Å². The van der Waals surface area contributed by atoms with Crippen molar-refractivity contribution in [2.75, 3.05) is 0 Å². The third kappa shape index (κ3) is 1.60. The SMILES string of the molecule is NC=C(C(N)=O)c1ccccn1. The smallest absolute Gasteiger partial charge is 0.252 e. The Morgan fingerprint density at radius 1 is 1.50 bits per heavy atom. The van der Waals surface area contributed by atoms with Gasteiger partial charge in [0, 0.05) is 12.4 Å². The number of aromatic nitrogens is 1. The minimum atomic E-state index is -0.573. The second kappa shape index (κ2) is 3.52. The maximum atomic E-state index is 10.8. The van der Waals surface area contributed by atoms with Crippen LogP contribution in [0.25, 0.3) is 5.57 Å². The predicted octanol–water partition coefficient (Wildman–Crippen LogP) is -0.134. The fraction of sp³-hybridized carbons (Fsp3) is 0. The van der Waals surface area contributed by atoms with E-state index in [0.29, 0.717) is 5.69 Å². The van der Waals surface area contributed by atoms with Crippen molar-refractivity contribution in [3.63, 3.8) is 0 Å². The minimum absolute atomic E-state index is 0.232. The molecule has 0 bridgehead atoms. The van der Waals surface area contributed by atoms with Crippen molar-refractivity contribution < 1.29 is 4.79 Å². The first-order valence-electron chi connectivity index (χ1n) is 3.39. The summed E-state index contributed by atoms with van der Waals surface area (Å²) in [5.41, 5.74) is 11.0. The molecule has 4 nitrogen and oxygen atoms in total. The van der Waals surface area contributed by atoms with Gasteiger partial charge in [-0.3, -0.25) is 9.78 Å². The van der Waals surface area contributed by atoms with Crippen LogP contribution >= 0.6 is 0 Å². The predicted molar refractivity (Wildman–Crippen MR) is 45.6 cm³/mol. The molecule has 0 aliphatic heterocycles. The molecule has 4 N–H and O–H groups in total. The van der Waals surface area contributed by atoms with Gasteiger partial charge in [0.1, 0.15) is 0 Å². The van der Waals surface area contributed by atoms with Gasteiger partial charge in [0.2, 0.25) is 0 Å².